The predicted octanol–water partition coefficient (Wildman–Crippen LogP) is 3.33. The topological polar surface area (TPSA) is 55.4 Å². The molecule has 0 spiro atoms. The quantitative estimate of drug-likeness (QED) is 0.846. The van der Waals surface area contributed by atoms with Gasteiger partial charge in [0.05, 0.1) is 12.7 Å². The standard InChI is InChI=1S/C17H25NO3S/c1-5-8-17(3,16(20)21-4)18-15(19)13-10-22-14-9-11(2)6-7-12(13)14/h10-11H,5-9H2,1-4H3,(H,18,19). The summed E-state index contributed by atoms with van der Waals surface area (Å²) >= 11 is 1.66. The molecule has 5 heteroatoms. The Bertz CT molecular complexity index is 566. The second-order valence-corrected chi connectivity index (χ2v) is 7.39. The molecular formula is C17H25NO3S. The van der Waals surface area contributed by atoms with E-state index >= 15 is 0 Å². The number of ether oxygens (including phenoxy) is 1. The molecule has 0 saturated carbocycles. The van der Waals surface area contributed by atoms with Gasteiger partial charge in [0.2, 0.25) is 0 Å². The molecule has 2 rings (SSSR count). The van der Waals surface area contributed by atoms with Crippen LogP contribution in [0.2, 0.25) is 0 Å². The van der Waals surface area contributed by atoms with Gasteiger partial charge in [0, 0.05) is 10.3 Å². The lowest BCUT2D eigenvalue weighted by Crippen LogP contribution is -2.52. The van der Waals surface area contributed by atoms with E-state index in [1.807, 2.05) is 12.3 Å². The summed E-state index contributed by atoms with van der Waals surface area (Å²) in [6, 6.07) is 0. The molecule has 0 aromatic carbocycles. The van der Waals surface area contributed by atoms with Gasteiger partial charge in [0.25, 0.3) is 5.91 Å². The Morgan fingerprint density at radius 1 is 1.50 bits per heavy atom. The number of hydrogen-bond acceptors (Lipinski definition) is 4. The van der Waals surface area contributed by atoms with Gasteiger partial charge in [0.15, 0.2) is 0 Å². The first-order chi connectivity index (χ1) is 10.4. The highest BCUT2D eigenvalue weighted by molar-refractivity contribution is 7.10. The van der Waals surface area contributed by atoms with E-state index < -0.39 is 5.54 Å². The largest absolute Gasteiger partial charge is 0.467 e. The molecule has 0 bridgehead atoms. The third-order valence-electron chi connectivity index (χ3n) is 4.42. The van der Waals surface area contributed by atoms with Gasteiger partial charge >= 0.3 is 5.97 Å². The molecule has 1 amide bonds. The zero-order chi connectivity index (χ0) is 16.3. The number of rotatable bonds is 5. The lowest BCUT2D eigenvalue weighted by atomic mass is 9.88. The maximum Gasteiger partial charge on any atom is 0.331 e. The van der Waals surface area contributed by atoms with Gasteiger partial charge in [-0.3, -0.25) is 4.79 Å². The molecular weight excluding hydrogens is 298 g/mol. The summed E-state index contributed by atoms with van der Waals surface area (Å²) in [7, 11) is 1.36. The van der Waals surface area contributed by atoms with E-state index in [1.165, 1.54) is 17.6 Å². The minimum Gasteiger partial charge on any atom is -0.467 e. The molecule has 2 atom stereocenters. The average molecular weight is 323 g/mol. The Hall–Kier alpha value is -1.36. The van der Waals surface area contributed by atoms with Crippen LogP contribution in [0.4, 0.5) is 0 Å². The highest BCUT2D eigenvalue weighted by Crippen LogP contribution is 2.33. The van der Waals surface area contributed by atoms with E-state index in [9.17, 15) is 9.59 Å². The summed E-state index contributed by atoms with van der Waals surface area (Å²) in [5.41, 5.74) is 0.944. The minimum atomic E-state index is -0.961. The molecule has 1 heterocycles. The maximum absolute atomic E-state index is 12.7. The summed E-state index contributed by atoms with van der Waals surface area (Å²) in [4.78, 5) is 26.0. The molecule has 122 valence electrons. The van der Waals surface area contributed by atoms with E-state index in [1.54, 1.807) is 18.3 Å². The van der Waals surface area contributed by atoms with Crippen molar-refractivity contribution < 1.29 is 14.3 Å². The van der Waals surface area contributed by atoms with Crippen molar-refractivity contribution in [1.82, 2.24) is 5.32 Å². The number of thiophene rings is 1. The molecule has 22 heavy (non-hydrogen) atoms. The Labute approximate surface area is 136 Å². The normalized spacial score (nSPS) is 19.9. The smallest absolute Gasteiger partial charge is 0.331 e. The molecule has 1 aliphatic carbocycles. The number of carbonyl (C=O) groups excluding carboxylic acids is 2. The molecule has 4 nitrogen and oxygen atoms in total. The second kappa shape index (κ2) is 6.82. The van der Waals surface area contributed by atoms with Crippen LogP contribution >= 0.6 is 11.3 Å². The van der Waals surface area contributed by atoms with Gasteiger partial charge in [-0.15, -0.1) is 11.3 Å². The minimum absolute atomic E-state index is 0.159. The highest BCUT2D eigenvalue weighted by atomic mass is 32.1. The van der Waals surface area contributed by atoms with Crippen molar-refractivity contribution in [2.75, 3.05) is 7.11 Å². The van der Waals surface area contributed by atoms with E-state index in [0.717, 1.165) is 31.2 Å². The summed E-state index contributed by atoms with van der Waals surface area (Å²) in [5, 5.41) is 4.83. The zero-order valence-electron chi connectivity index (χ0n) is 13.8. The Morgan fingerprint density at radius 3 is 2.86 bits per heavy atom. The summed E-state index contributed by atoms with van der Waals surface area (Å²) in [5.74, 6) is 0.135. The van der Waals surface area contributed by atoms with E-state index in [-0.39, 0.29) is 11.9 Å². The molecule has 1 aliphatic rings. The fourth-order valence-corrected chi connectivity index (χ4v) is 4.37. The molecule has 1 N–H and O–H groups in total. The van der Waals surface area contributed by atoms with Crippen LogP contribution in [0.3, 0.4) is 0 Å². The van der Waals surface area contributed by atoms with Crippen molar-refractivity contribution in [2.45, 2.75) is 58.4 Å². The summed E-state index contributed by atoms with van der Waals surface area (Å²) in [6.07, 6.45) is 4.48. The molecule has 2 unspecified atom stereocenters. The van der Waals surface area contributed by atoms with Crippen molar-refractivity contribution >= 4 is 23.2 Å². The monoisotopic (exact) mass is 323 g/mol. The van der Waals surface area contributed by atoms with Crippen molar-refractivity contribution in [2.24, 2.45) is 5.92 Å². The summed E-state index contributed by atoms with van der Waals surface area (Å²) < 4.78 is 4.86. The first-order valence-electron chi connectivity index (χ1n) is 7.91. The lowest BCUT2D eigenvalue weighted by molar-refractivity contribution is -0.147. The Balaban J connectivity index is 2.20. The lowest BCUT2D eigenvalue weighted by Gasteiger charge is -2.28. The van der Waals surface area contributed by atoms with Crippen LogP contribution in [-0.2, 0) is 22.4 Å². The molecule has 1 aromatic heterocycles. The molecule has 0 saturated heterocycles. The maximum atomic E-state index is 12.7. The van der Waals surface area contributed by atoms with E-state index in [4.69, 9.17) is 4.74 Å². The van der Waals surface area contributed by atoms with Crippen molar-refractivity contribution in [3.63, 3.8) is 0 Å². The van der Waals surface area contributed by atoms with Crippen LogP contribution in [0.25, 0.3) is 0 Å². The Kier molecular flexibility index (Phi) is 5.27. The first kappa shape index (κ1) is 17.0. The fourth-order valence-electron chi connectivity index (χ4n) is 3.13. The third kappa shape index (κ3) is 3.35. The zero-order valence-corrected chi connectivity index (χ0v) is 14.6. The van der Waals surface area contributed by atoms with Crippen LogP contribution in [0, 0.1) is 5.92 Å². The van der Waals surface area contributed by atoms with E-state index in [0.29, 0.717) is 12.3 Å². The van der Waals surface area contributed by atoms with Gasteiger partial charge in [0.1, 0.15) is 5.54 Å². The summed E-state index contributed by atoms with van der Waals surface area (Å²) in [6.45, 7) is 5.97. The van der Waals surface area contributed by atoms with Crippen LogP contribution in [-0.4, -0.2) is 24.5 Å². The third-order valence-corrected chi connectivity index (χ3v) is 5.47. The van der Waals surface area contributed by atoms with Gasteiger partial charge in [-0.2, -0.15) is 0 Å². The van der Waals surface area contributed by atoms with Crippen molar-refractivity contribution in [1.29, 1.82) is 0 Å². The number of nitrogens with one attached hydrogen (secondary N) is 1. The van der Waals surface area contributed by atoms with Crippen molar-refractivity contribution in [3.8, 4) is 0 Å². The first-order valence-corrected chi connectivity index (χ1v) is 8.79. The number of hydrogen-bond donors (Lipinski definition) is 1. The van der Waals surface area contributed by atoms with Crippen LogP contribution < -0.4 is 5.32 Å². The van der Waals surface area contributed by atoms with E-state index in [2.05, 4.69) is 12.2 Å². The highest BCUT2D eigenvalue weighted by Gasteiger charge is 2.36. The van der Waals surface area contributed by atoms with Gasteiger partial charge in [-0.1, -0.05) is 20.3 Å². The fraction of sp³-hybridized carbons (Fsp3) is 0.647. The van der Waals surface area contributed by atoms with Crippen molar-refractivity contribution in [3.05, 3.63) is 21.4 Å². The molecule has 0 radical (unpaired) electrons. The van der Waals surface area contributed by atoms with Crippen LogP contribution in [0.15, 0.2) is 5.38 Å². The molecule has 0 fully saturated rings. The van der Waals surface area contributed by atoms with Crippen LogP contribution in [0.5, 0.6) is 0 Å². The SMILES string of the molecule is CCCC(C)(NC(=O)c1csc2c1CCC(C)C2)C(=O)OC. The predicted molar refractivity (Wildman–Crippen MR) is 88.3 cm³/mol. The number of methoxy groups -OCH3 is 1. The molecule has 1 aromatic rings. The number of esters is 1. The number of amides is 1. The van der Waals surface area contributed by atoms with Gasteiger partial charge < -0.3 is 10.1 Å². The molecule has 0 aliphatic heterocycles. The number of fused-ring (bicyclic) bond motifs is 1. The van der Waals surface area contributed by atoms with Crippen LogP contribution in [0.1, 0.15) is 60.8 Å². The van der Waals surface area contributed by atoms with Gasteiger partial charge in [-0.25, -0.2) is 4.79 Å². The Morgan fingerprint density at radius 2 is 2.23 bits per heavy atom. The van der Waals surface area contributed by atoms with Gasteiger partial charge in [-0.05, 0) is 44.1 Å². The number of carbonyl (C=O) groups is 2. The average Bonchev–Trinajstić information content (AvgIpc) is 2.89. The second-order valence-electron chi connectivity index (χ2n) is 6.43.